The number of pyridine rings is 2. The van der Waals surface area contributed by atoms with Crippen LogP contribution in [0.25, 0.3) is 0 Å². The molecule has 0 aliphatic rings. The first kappa shape index (κ1) is 28.6. The van der Waals surface area contributed by atoms with Gasteiger partial charge in [-0.2, -0.15) is 0 Å². The van der Waals surface area contributed by atoms with Crippen LogP contribution in [0.3, 0.4) is 0 Å². The molecule has 2 aromatic rings. The van der Waals surface area contributed by atoms with Crippen molar-refractivity contribution in [3.63, 3.8) is 0 Å². The van der Waals surface area contributed by atoms with E-state index < -0.39 is 23.8 Å². The van der Waals surface area contributed by atoms with Crippen LogP contribution in [-0.4, -0.2) is 45.3 Å². The molecule has 0 aliphatic heterocycles. The van der Waals surface area contributed by atoms with Gasteiger partial charge in [0.2, 0.25) is 0 Å². The Morgan fingerprint density at radius 1 is 1.03 bits per heavy atom. The van der Waals surface area contributed by atoms with Crippen molar-refractivity contribution in [2.24, 2.45) is 11.8 Å². The molecule has 2 heterocycles. The van der Waals surface area contributed by atoms with Crippen molar-refractivity contribution in [2.75, 3.05) is 17.2 Å². The number of aromatic nitrogens is 2. The molecule has 0 fully saturated rings. The molecule has 11 heteroatoms. The van der Waals surface area contributed by atoms with E-state index in [1.807, 2.05) is 6.07 Å². The van der Waals surface area contributed by atoms with Gasteiger partial charge in [0.1, 0.15) is 6.20 Å². The fraction of sp³-hybridized carbons (Fsp3) is 0.444. The molecule has 0 amide bonds. The van der Waals surface area contributed by atoms with Crippen molar-refractivity contribution in [1.29, 1.82) is 0 Å². The van der Waals surface area contributed by atoms with Gasteiger partial charge in [0, 0.05) is 28.8 Å². The van der Waals surface area contributed by atoms with E-state index in [9.17, 15) is 10.1 Å². The summed E-state index contributed by atoms with van der Waals surface area (Å²) in [7, 11) is 9.87. The van der Waals surface area contributed by atoms with Gasteiger partial charge in [-0.3, -0.25) is 20.1 Å². The summed E-state index contributed by atoms with van der Waals surface area (Å²) in [4.78, 5) is 19.7. The Hall–Kier alpha value is -0.421. The molecule has 2 radical (unpaired) electrons. The third-order valence-electron chi connectivity index (χ3n) is 2.91. The number of hydrogen-bond acceptors (Lipinski definition) is 7. The monoisotopic (exact) mass is 584 g/mol. The first-order valence-corrected chi connectivity index (χ1v) is 17.9. The van der Waals surface area contributed by atoms with Crippen molar-refractivity contribution in [3.8, 4) is 0 Å². The molecule has 0 saturated heterocycles. The maximum atomic E-state index is 10.6. The molecule has 0 atom stereocenters. The SMILES string of the molecule is CC(C)CSc1ccncc1N.CC(C)CSc1ccncc1[N+](=O)[O-].[Cl][Sn][Cl]. The van der Waals surface area contributed by atoms with Crippen molar-refractivity contribution in [2.45, 2.75) is 37.5 Å². The Morgan fingerprint density at radius 2 is 1.48 bits per heavy atom. The molecule has 0 saturated carbocycles. The van der Waals surface area contributed by atoms with Gasteiger partial charge in [-0.25, -0.2) is 0 Å². The van der Waals surface area contributed by atoms with Crippen LogP contribution in [0.1, 0.15) is 27.7 Å². The molecule has 2 aromatic heterocycles. The van der Waals surface area contributed by atoms with Gasteiger partial charge in [-0.05, 0) is 24.0 Å². The van der Waals surface area contributed by atoms with Crippen LogP contribution < -0.4 is 5.73 Å². The first-order chi connectivity index (χ1) is 13.7. The van der Waals surface area contributed by atoms with Crippen LogP contribution in [-0.2, 0) is 0 Å². The van der Waals surface area contributed by atoms with Crippen molar-refractivity contribution >= 4 is 71.6 Å². The molecular weight excluding hydrogens is 558 g/mol. The van der Waals surface area contributed by atoms with Crippen LogP contribution in [0, 0.1) is 22.0 Å². The van der Waals surface area contributed by atoms with E-state index in [2.05, 4.69) is 37.7 Å². The second-order valence-electron chi connectivity index (χ2n) is 6.50. The Bertz CT molecular complexity index is 728. The van der Waals surface area contributed by atoms with E-state index in [0.29, 0.717) is 16.7 Å². The zero-order valence-corrected chi connectivity index (χ0v) is 22.8. The van der Waals surface area contributed by atoms with Gasteiger partial charge >= 0.3 is 42.4 Å². The number of thioether (sulfide) groups is 2. The standard InChI is InChI=1S/C9H12N2O2S.C9H14N2S.2ClH.Sn/c1-7(2)6-14-9-3-4-10-5-8(9)11(12)13;1-7(2)6-12-9-3-4-11-5-8(9)10;;;/h3-5,7H,6H2,1-2H3;3-5,7H,6,10H2,1-2H3;2*1H;/q;;;;+2/p-2. The molecule has 0 unspecified atom stereocenters. The summed E-state index contributed by atoms with van der Waals surface area (Å²) < 4.78 is 0. The Morgan fingerprint density at radius 3 is 1.93 bits per heavy atom. The molecule has 6 nitrogen and oxygen atoms in total. The molecule has 2 rings (SSSR count). The van der Waals surface area contributed by atoms with E-state index >= 15 is 0 Å². The van der Waals surface area contributed by atoms with Crippen molar-refractivity contribution < 1.29 is 4.92 Å². The predicted octanol–water partition coefficient (Wildman–Crippen LogP) is 6.15. The second-order valence-corrected chi connectivity index (χ2v) is 12.9. The van der Waals surface area contributed by atoms with E-state index in [1.54, 1.807) is 36.4 Å². The normalized spacial score (nSPS) is 10.1. The summed E-state index contributed by atoms with van der Waals surface area (Å²) in [5, 5.41) is 10.6. The Balaban J connectivity index is 0.000000481. The summed E-state index contributed by atoms with van der Waals surface area (Å²) in [5.74, 6) is 3.20. The van der Waals surface area contributed by atoms with Crippen LogP contribution in [0.4, 0.5) is 11.4 Å². The molecule has 0 spiro atoms. The van der Waals surface area contributed by atoms with E-state index in [-0.39, 0.29) is 5.69 Å². The third-order valence-corrected chi connectivity index (χ3v) is 5.92. The molecule has 29 heavy (non-hydrogen) atoms. The van der Waals surface area contributed by atoms with Crippen LogP contribution in [0.5, 0.6) is 0 Å². The fourth-order valence-electron chi connectivity index (χ4n) is 1.67. The van der Waals surface area contributed by atoms with Crippen molar-refractivity contribution in [3.05, 3.63) is 47.0 Å². The van der Waals surface area contributed by atoms with E-state index in [1.165, 1.54) is 18.0 Å². The minimum absolute atomic E-state index is 0.0955. The Labute approximate surface area is 198 Å². The van der Waals surface area contributed by atoms with Gasteiger partial charge in [0.15, 0.2) is 0 Å². The quantitative estimate of drug-likeness (QED) is 0.181. The zero-order chi connectivity index (χ0) is 22.2. The number of nitrogen functional groups attached to an aromatic ring is 1. The maximum absolute atomic E-state index is 10.6. The van der Waals surface area contributed by atoms with Gasteiger partial charge < -0.3 is 5.73 Å². The average Bonchev–Trinajstić information content (AvgIpc) is 2.67. The van der Waals surface area contributed by atoms with Gasteiger partial charge in [0.25, 0.3) is 0 Å². The van der Waals surface area contributed by atoms with Crippen LogP contribution in [0.15, 0.2) is 46.7 Å². The fourth-order valence-corrected chi connectivity index (χ4v) is 3.51. The third kappa shape index (κ3) is 14.3. The topological polar surface area (TPSA) is 94.9 Å². The molecular formula is C18H26Cl2N4O2S2Sn. The summed E-state index contributed by atoms with van der Waals surface area (Å²) in [6.45, 7) is 8.56. The van der Waals surface area contributed by atoms with E-state index in [4.69, 9.17) is 23.6 Å². The first-order valence-electron chi connectivity index (χ1n) is 8.72. The number of nitrogens with two attached hydrogens (primary N) is 1. The summed E-state index contributed by atoms with van der Waals surface area (Å²) in [6.07, 6.45) is 6.35. The Kier molecular flexibility index (Phi) is 17.0. The van der Waals surface area contributed by atoms with Crippen LogP contribution >= 0.6 is 41.4 Å². The summed E-state index contributed by atoms with van der Waals surface area (Å²) in [5.41, 5.74) is 6.60. The zero-order valence-electron chi connectivity index (χ0n) is 16.8. The van der Waals surface area contributed by atoms with Gasteiger partial charge in [0.05, 0.1) is 21.7 Å². The van der Waals surface area contributed by atoms with E-state index in [0.717, 1.165) is 22.1 Å². The number of hydrogen-bond donors (Lipinski definition) is 1. The van der Waals surface area contributed by atoms with Crippen molar-refractivity contribution in [1.82, 2.24) is 9.97 Å². The number of anilines is 1. The second kappa shape index (κ2) is 17.3. The average molecular weight is 584 g/mol. The molecule has 2 N–H and O–H groups in total. The summed E-state index contributed by atoms with van der Waals surface area (Å²) in [6, 6.07) is 3.65. The number of nitro groups is 1. The molecule has 0 aliphatic carbocycles. The van der Waals surface area contributed by atoms with Gasteiger partial charge in [-0.1, -0.05) is 27.7 Å². The molecule has 160 valence electrons. The summed E-state index contributed by atoms with van der Waals surface area (Å²) >= 11 is 2.47. The van der Waals surface area contributed by atoms with Crippen LogP contribution in [0.2, 0.25) is 0 Å². The number of rotatable bonds is 7. The van der Waals surface area contributed by atoms with Gasteiger partial charge in [-0.15, -0.1) is 23.5 Å². The number of nitrogens with zero attached hydrogens (tertiary/aromatic N) is 3. The predicted molar refractivity (Wildman–Crippen MR) is 128 cm³/mol. The molecule has 0 bridgehead atoms. The minimum atomic E-state index is -0.826. The number of halogens is 2. The molecule has 0 aromatic carbocycles.